The van der Waals surface area contributed by atoms with Crippen molar-refractivity contribution in [2.75, 3.05) is 5.32 Å². The third-order valence-corrected chi connectivity index (χ3v) is 7.10. The molecule has 1 aliphatic carbocycles. The molecule has 0 unspecified atom stereocenters. The largest absolute Gasteiger partial charge is 0.463 e. The lowest BCUT2D eigenvalue weighted by molar-refractivity contribution is -0.120. The minimum absolute atomic E-state index is 0.0929. The van der Waals surface area contributed by atoms with Crippen molar-refractivity contribution in [3.05, 3.63) is 24.5 Å². The molecule has 1 fully saturated rings. The Morgan fingerprint density at radius 1 is 1.26 bits per heavy atom. The molecule has 0 bridgehead atoms. The number of hydrogen-bond donors (Lipinski definition) is 3. The van der Waals surface area contributed by atoms with Gasteiger partial charge in [0.05, 0.1) is 11.0 Å². The van der Waals surface area contributed by atoms with Gasteiger partial charge in [0.25, 0.3) is 0 Å². The molecule has 3 rings (SSSR count). The van der Waals surface area contributed by atoms with Gasteiger partial charge < -0.3 is 9.73 Å². The number of sulfonamides is 1. The second kappa shape index (κ2) is 7.47. The summed E-state index contributed by atoms with van der Waals surface area (Å²) in [6.07, 6.45) is 4.13. The van der Waals surface area contributed by atoms with Crippen LogP contribution in [-0.2, 0) is 14.8 Å². The SMILES string of the molecule is CC(C)(C)S(=O)(=O)N[C@H]1CC[C@H](C(=O)Nc2cc(-c3ccco3)[nH]n2)CC1. The van der Waals surface area contributed by atoms with Gasteiger partial charge in [-0.25, -0.2) is 13.1 Å². The molecule has 27 heavy (non-hydrogen) atoms. The summed E-state index contributed by atoms with van der Waals surface area (Å²) in [5, 5.41) is 9.74. The van der Waals surface area contributed by atoms with Crippen LogP contribution in [0.2, 0.25) is 0 Å². The highest BCUT2D eigenvalue weighted by atomic mass is 32.2. The Morgan fingerprint density at radius 2 is 1.96 bits per heavy atom. The van der Waals surface area contributed by atoms with Gasteiger partial charge in [0.1, 0.15) is 5.69 Å². The normalized spacial score (nSPS) is 21.1. The van der Waals surface area contributed by atoms with Crippen LogP contribution in [0, 0.1) is 5.92 Å². The number of amides is 1. The first-order valence-electron chi connectivity index (χ1n) is 9.08. The number of H-pyrrole nitrogens is 1. The Balaban J connectivity index is 1.52. The number of nitrogens with one attached hydrogen (secondary N) is 3. The van der Waals surface area contributed by atoms with Crippen molar-refractivity contribution in [2.24, 2.45) is 5.92 Å². The Morgan fingerprint density at radius 3 is 2.56 bits per heavy atom. The number of carbonyl (C=O) groups is 1. The minimum atomic E-state index is -3.38. The second-order valence-electron chi connectivity index (χ2n) is 7.92. The molecule has 0 aromatic carbocycles. The Hall–Kier alpha value is -2.13. The predicted molar refractivity (Wildman–Crippen MR) is 102 cm³/mol. The van der Waals surface area contributed by atoms with Crippen LogP contribution in [0.15, 0.2) is 28.9 Å². The van der Waals surface area contributed by atoms with Crippen LogP contribution < -0.4 is 10.0 Å². The minimum Gasteiger partial charge on any atom is -0.463 e. The lowest BCUT2D eigenvalue weighted by atomic mass is 9.86. The fourth-order valence-corrected chi connectivity index (χ4v) is 4.07. The summed E-state index contributed by atoms with van der Waals surface area (Å²) in [7, 11) is -3.38. The number of nitrogens with zero attached hydrogens (tertiary/aromatic N) is 1. The maximum Gasteiger partial charge on any atom is 0.228 e. The van der Waals surface area contributed by atoms with Crippen LogP contribution in [0.3, 0.4) is 0 Å². The molecular formula is C18H26N4O4S. The van der Waals surface area contributed by atoms with Crippen LogP contribution in [0.5, 0.6) is 0 Å². The second-order valence-corrected chi connectivity index (χ2v) is 10.4. The van der Waals surface area contributed by atoms with Gasteiger partial charge in [0.15, 0.2) is 11.6 Å². The van der Waals surface area contributed by atoms with Crippen molar-refractivity contribution < 1.29 is 17.6 Å². The molecule has 2 heterocycles. The molecular weight excluding hydrogens is 368 g/mol. The van der Waals surface area contributed by atoms with E-state index in [0.717, 1.165) is 0 Å². The number of anilines is 1. The number of carbonyl (C=O) groups excluding carboxylic acids is 1. The van der Waals surface area contributed by atoms with Crippen LogP contribution in [0.1, 0.15) is 46.5 Å². The molecule has 2 aromatic heterocycles. The molecule has 8 nitrogen and oxygen atoms in total. The fourth-order valence-electron chi connectivity index (χ4n) is 3.04. The van der Waals surface area contributed by atoms with E-state index in [4.69, 9.17) is 4.42 Å². The third kappa shape index (κ3) is 4.59. The van der Waals surface area contributed by atoms with Crippen LogP contribution in [-0.4, -0.2) is 35.3 Å². The van der Waals surface area contributed by atoms with E-state index in [1.165, 1.54) is 0 Å². The van der Waals surface area contributed by atoms with Gasteiger partial charge in [-0.3, -0.25) is 9.89 Å². The van der Waals surface area contributed by atoms with Crippen LogP contribution in [0.25, 0.3) is 11.5 Å². The average molecular weight is 394 g/mol. The lowest BCUT2D eigenvalue weighted by Gasteiger charge is -2.30. The topological polar surface area (TPSA) is 117 Å². The predicted octanol–water partition coefficient (Wildman–Crippen LogP) is 2.88. The first kappa shape index (κ1) is 19.6. The fraction of sp³-hybridized carbons (Fsp3) is 0.556. The molecule has 0 aliphatic heterocycles. The molecule has 1 saturated carbocycles. The van der Waals surface area contributed by atoms with E-state index in [2.05, 4.69) is 20.2 Å². The van der Waals surface area contributed by atoms with Crippen molar-refractivity contribution >= 4 is 21.7 Å². The van der Waals surface area contributed by atoms with Crippen molar-refractivity contribution in [2.45, 2.75) is 57.2 Å². The number of aromatic nitrogens is 2. The quantitative estimate of drug-likeness (QED) is 0.721. The molecule has 1 aliphatic rings. The monoisotopic (exact) mass is 394 g/mol. The van der Waals surface area contributed by atoms with Gasteiger partial charge >= 0.3 is 0 Å². The molecule has 0 atom stereocenters. The van der Waals surface area contributed by atoms with E-state index >= 15 is 0 Å². The third-order valence-electron chi connectivity index (χ3n) is 4.84. The van der Waals surface area contributed by atoms with Gasteiger partial charge in [0, 0.05) is 18.0 Å². The summed E-state index contributed by atoms with van der Waals surface area (Å²) in [5.74, 6) is 0.852. The standard InChI is InChI=1S/C18H26N4O4S/c1-18(2,3)27(24,25)22-13-8-6-12(7-9-13)17(23)19-16-11-14(20-21-16)15-5-4-10-26-15/h4-5,10-13,22H,6-9H2,1-3H3,(H2,19,20,21,23)/t12-,13-. The molecule has 2 aromatic rings. The summed E-state index contributed by atoms with van der Waals surface area (Å²) in [5.41, 5.74) is 0.690. The molecule has 9 heteroatoms. The zero-order valence-corrected chi connectivity index (χ0v) is 16.6. The van der Waals surface area contributed by atoms with E-state index in [1.54, 1.807) is 45.2 Å². The highest BCUT2D eigenvalue weighted by Crippen LogP contribution is 2.28. The van der Waals surface area contributed by atoms with Crippen molar-refractivity contribution in [3.63, 3.8) is 0 Å². The highest BCUT2D eigenvalue weighted by Gasteiger charge is 2.34. The molecule has 0 spiro atoms. The zero-order valence-electron chi connectivity index (χ0n) is 15.8. The maximum absolute atomic E-state index is 12.5. The van der Waals surface area contributed by atoms with Gasteiger partial charge in [-0.05, 0) is 58.6 Å². The summed E-state index contributed by atoms with van der Waals surface area (Å²) in [6, 6.07) is 5.19. The lowest BCUT2D eigenvalue weighted by Crippen LogP contribution is -2.46. The molecule has 0 radical (unpaired) electrons. The summed E-state index contributed by atoms with van der Waals surface area (Å²) in [6.45, 7) is 5.03. The average Bonchev–Trinajstić information content (AvgIpc) is 3.25. The molecule has 0 saturated heterocycles. The Labute approximate surface area is 159 Å². The van der Waals surface area contributed by atoms with Gasteiger partial charge in [-0.15, -0.1) is 0 Å². The zero-order chi connectivity index (χ0) is 19.7. The highest BCUT2D eigenvalue weighted by molar-refractivity contribution is 7.90. The molecule has 148 valence electrons. The van der Waals surface area contributed by atoms with Gasteiger partial charge in [-0.1, -0.05) is 0 Å². The smallest absolute Gasteiger partial charge is 0.228 e. The van der Waals surface area contributed by atoms with Crippen molar-refractivity contribution in [1.29, 1.82) is 0 Å². The van der Waals surface area contributed by atoms with E-state index < -0.39 is 14.8 Å². The van der Waals surface area contributed by atoms with E-state index in [0.29, 0.717) is 43.0 Å². The number of hydrogen-bond acceptors (Lipinski definition) is 5. The number of aromatic amines is 1. The summed E-state index contributed by atoms with van der Waals surface area (Å²) < 4.78 is 31.8. The number of rotatable bonds is 5. The summed E-state index contributed by atoms with van der Waals surface area (Å²) in [4.78, 5) is 12.5. The van der Waals surface area contributed by atoms with Crippen molar-refractivity contribution in [3.8, 4) is 11.5 Å². The van der Waals surface area contributed by atoms with Crippen LogP contribution in [0.4, 0.5) is 5.82 Å². The first-order chi connectivity index (χ1) is 12.7. The number of furan rings is 1. The van der Waals surface area contributed by atoms with Crippen LogP contribution >= 0.6 is 0 Å². The molecule has 3 N–H and O–H groups in total. The molecule has 1 amide bonds. The van der Waals surface area contributed by atoms with E-state index in [9.17, 15) is 13.2 Å². The van der Waals surface area contributed by atoms with Crippen molar-refractivity contribution in [1.82, 2.24) is 14.9 Å². The Kier molecular flexibility index (Phi) is 5.43. The summed E-state index contributed by atoms with van der Waals surface area (Å²) >= 11 is 0. The van der Waals surface area contributed by atoms with Gasteiger partial charge in [-0.2, -0.15) is 5.10 Å². The first-order valence-corrected chi connectivity index (χ1v) is 10.6. The van der Waals surface area contributed by atoms with E-state index in [-0.39, 0.29) is 17.9 Å². The van der Waals surface area contributed by atoms with Gasteiger partial charge in [0.2, 0.25) is 15.9 Å². The maximum atomic E-state index is 12.5. The van der Waals surface area contributed by atoms with E-state index in [1.807, 2.05) is 0 Å². The Bertz CT molecular complexity index is 873.